The van der Waals surface area contributed by atoms with Crippen molar-refractivity contribution in [2.45, 2.75) is 33.6 Å². The van der Waals surface area contributed by atoms with Gasteiger partial charge in [0.15, 0.2) is 0 Å². The number of rotatable bonds is 1. The molecule has 2 amide bonds. The van der Waals surface area contributed by atoms with Crippen molar-refractivity contribution in [2.24, 2.45) is 11.8 Å². The van der Waals surface area contributed by atoms with Crippen molar-refractivity contribution >= 4 is 11.8 Å². The average Bonchev–Trinajstić information content (AvgIpc) is 2.42. The molecule has 0 spiro atoms. The van der Waals surface area contributed by atoms with Crippen molar-refractivity contribution in [1.29, 1.82) is 0 Å². The van der Waals surface area contributed by atoms with E-state index in [1.165, 1.54) is 16.0 Å². The highest BCUT2D eigenvalue weighted by atomic mass is 16.2. The Balaban J connectivity index is 2.30. The summed E-state index contributed by atoms with van der Waals surface area (Å²) in [6, 6.07) is 0. The van der Waals surface area contributed by atoms with E-state index in [2.05, 4.69) is 13.8 Å². The summed E-state index contributed by atoms with van der Waals surface area (Å²) in [5.74, 6) is -0.0546. The number of carbonyl (C=O) groups is 2. The zero-order valence-corrected chi connectivity index (χ0v) is 9.54. The minimum Gasteiger partial charge on any atom is -0.282 e. The molecule has 0 bridgehead atoms. The molecule has 0 aromatic heterocycles. The molecule has 1 aliphatic carbocycles. The number of imide groups is 1. The van der Waals surface area contributed by atoms with Gasteiger partial charge in [0.25, 0.3) is 0 Å². The Morgan fingerprint density at radius 1 is 1.07 bits per heavy atom. The molecule has 0 radical (unpaired) electrons. The number of carbonyl (C=O) groups excluding carboxylic acids is 2. The zero-order chi connectivity index (χ0) is 11.2. The second kappa shape index (κ2) is 3.47. The predicted molar refractivity (Wildman–Crippen MR) is 57.0 cm³/mol. The van der Waals surface area contributed by atoms with Crippen molar-refractivity contribution in [2.75, 3.05) is 6.54 Å². The Bertz CT molecular complexity index is 325. The summed E-state index contributed by atoms with van der Waals surface area (Å²) in [5, 5.41) is 0. The second-order valence-electron chi connectivity index (χ2n) is 4.60. The van der Waals surface area contributed by atoms with Crippen LogP contribution in [0.4, 0.5) is 0 Å². The quantitative estimate of drug-likeness (QED) is 0.485. The first kappa shape index (κ1) is 10.4. The lowest BCUT2D eigenvalue weighted by Crippen LogP contribution is -2.30. The summed E-state index contributed by atoms with van der Waals surface area (Å²) in [5.41, 5.74) is 2.57. The second-order valence-corrected chi connectivity index (χ2v) is 4.60. The number of allylic oxidation sites excluding steroid dienone is 2. The first-order chi connectivity index (χ1) is 7.06. The van der Waals surface area contributed by atoms with Gasteiger partial charge < -0.3 is 0 Å². The molecule has 2 aliphatic rings. The van der Waals surface area contributed by atoms with Crippen LogP contribution in [-0.4, -0.2) is 23.3 Å². The average molecular weight is 207 g/mol. The van der Waals surface area contributed by atoms with Crippen LogP contribution in [0.25, 0.3) is 0 Å². The van der Waals surface area contributed by atoms with Crippen LogP contribution < -0.4 is 0 Å². The van der Waals surface area contributed by atoms with Gasteiger partial charge >= 0.3 is 0 Å². The van der Waals surface area contributed by atoms with Gasteiger partial charge in [-0.2, -0.15) is 0 Å². The lowest BCUT2D eigenvalue weighted by Gasteiger charge is -2.23. The summed E-state index contributed by atoms with van der Waals surface area (Å²) in [6.07, 6.45) is 1.55. The zero-order valence-electron chi connectivity index (χ0n) is 9.54. The van der Waals surface area contributed by atoms with Gasteiger partial charge in [0, 0.05) is 6.54 Å². The molecule has 0 N–H and O–H groups in total. The largest absolute Gasteiger partial charge is 0.282 e. The van der Waals surface area contributed by atoms with Crippen LogP contribution in [0.2, 0.25) is 0 Å². The van der Waals surface area contributed by atoms with Crippen LogP contribution in [0.5, 0.6) is 0 Å². The van der Waals surface area contributed by atoms with E-state index in [0.717, 1.165) is 12.8 Å². The fraction of sp³-hybridized carbons (Fsp3) is 0.667. The highest BCUT2D eigenvalue weighted by Gasteiger charge is 2.48. The van der Waals surface area contributed by atoms with Crippen LogP contribution in [0.15, 0.2) is 11.1 Å². The molecule has 0 unspecified atom stereocenters. The van der Waals surface area contributed by atoms with Gasteiger partial charge in [-0.15, -0.1) is 0 Å². The molecule has 15 heavy (non-hydrogen) atoms. The van der Waals surface area contributed by atoms with Gasteiger partial charge in [0.2, 0.25) is 11.8 Å². The van der Waals surface area contributed by atoms with Gasteiger partial charge in [0.1, 0.15) is 0 Å². The predicted octanol–water partition coefficient (Wildman–Crippen LogP) is 1.74. The molecule has 0 aromatic rings. The van der Waals surface area contributed by atoms with Gasteiger partial charge in [-0.25, -0.2) is 0 Å². The maximum absolute atomic E-state index is 11.9. The highest BCUT2D eigenvalue weighted by Crippen LogP contribution is 2.40. The van der Waals surface area contributed by atoms with E-state index in [1.807, 2.05) is 6.92 Å². The van der Waals surface area contributed by atoms with E-state index in [-0.39, 0.29) is 23.7 Å². The maximum Gasteiger partial charge on any atom is 0.233 e. The van der Waals surface area contributed by atoms with Crippen LogP contribution >= 0.6 is 0 Å². The van der Waals surface area contributed by atoms with Gasteiger partial charge in [-0.3, -0.25) is 14.5 Å². The molecule has 1 saturated heterocycles. The van der Waals surface area contributed by atoms with Gasteiger partial charge in [0.05, 0.1) is 11.8 Å². The molecule has 1 fully saturated rings. The maximum atomic E-state index is 11.9. The number of nitrogens with zero attached hydrogens (tertiary/aromatic N) is 1. The standard InChI is InChI=1S/C12H17NO2/c1-4-13-11(14)9-5-7(2)8(3)6-10(9)12(13)15/h9-10H,4-6H2,1-3H3/t9-,10-/m1/s1. The summed E-state index contributed by atoms with van der Waals surface area (Å²) < 4.78 is 0. The Labute approximate surface area is 90.1 Å². The Morgan fingerprint density at radius 2 is 1.47 bits per heavy atom. The third-order valence-corrected chi connectivity index (χ3v) is 3.75. The number of amides is 2. The van der Waals surface area contributed by atoms with E-state index in [0.29, 0.717) is 6.54 Å². The summed E-state index contributed by atoms with van der Waals surface area (Å²) >= 11 is 0. The van der Waals surface area contributed by atoms with Gasteiger partial charge in [-0.05, 0) is 33.6 Å². The molecular formula is C12H17NO2. The first-order valence-electron chi connectivity index (χ1n) is 5.56. The van der Waals surface area contributed by atoms with Crippen molar-refractivity contribution in [1.82, 2.24) is 4.90 Å². The topological polar surface area (TPSA) is 37.4 Å². The molecule has 2 rings (SSSR count). The van der Waals surface area contributed by atoms with Crippen molar-refractivity contribution in [3.63, 3.8) is 0 Å². The van der Waals surface area contributed by atoms with E-state index < -0.39 is 0 Å². The number of likely N-dealkylation sites (tertiary alicyclic amines) is 1. The smallest absolute Gasteiger partial charge is 0.233 e. The first-order valence-corrected chi connectivity index (χ1v) is 5.56. The Morgan fingerprint density at radius 3 is 1.80 bits per heavy atom. The molecule has 2 atom stereocenters. The minimum atomic E-state index is -0.0684. The molecule has 0 aromatic carbocycles. The van der Waals surface area contributed by atoms with Crippen molar-refractivity contribution < 1.29 is 9.59 Å². The monoisotopic (exact) mass is 207 g/mol. The Hall–Kier alpha value is -1.12. The lowest BCUT2D eigenvalue weighted by atomic mass is 9.78. The molecule has 0 saturated carbocycles. The van der Waals surface area contributed by atoms with Crippen LogP contribution in [0.3, 0.4) is 0 Å². The van der Waals surface area contributed by atoms with Crippen LogP contribution in [0.1, 0.15) is 33.6 Å². The third kappa shape index (κ3) is 1.41. The molecule has 82 valence electrons. The van der Waals surface area contributed by atoms with E-state index in [9.17, 15) is 9.59 Å². The highest BCUT2D eigenvalue weighted by molar-refractivity contribution is 6.05. The molecule has 3 nitrogen and oxygen atoms in total. The van der Waals surface area contributed by atoms with Crippen molar-refractivity contribution in [3.8, 4) is 0 Å². The number of hydrogen-bond acceptors (Lipinski definition) is 2. The van der Waals surface area contributed by atoms with Crippen LogP contribution in [-0.2, 0) is 9.59 Å². The molecular weight excluding hydrogens is 190 g/mol. The SMILES string of the molecule is CCN1C(=O)[C@@H]2CC(C)=C(C)C[C@H]2C1=O. The van der Waals surface area contributed by atoms with Crippen molar-refractivity contribution in [3.05, 3.63) is 11.1 Å². The fourth-order valence-electron chi connectivity index (χ4n) is 2.63. The normalized spacial score (nSPS) is 31.3. The number of fused-ring (bicyclic) bond motifs is 1. The summed E-state index contributed by atoms with van der Waals surface area (Å²) in [4.78, 5) is 25.2. The third-order valence-electron chi connectivity index (χ3n) is 3.75. The Kier molecular flexibility index (Phi) is 2.41. The fourth-order valence-corrected chi connectivity index (χ4v) is 2.63. The van der Waals surface area contributed by atoms with E-state index >= 15 is 0 Å². The summed E-state index contributed by atoms with van der Waals surface area (Å²) in [7, 11) is 0. The van der Waals surface area contributed by atoms with Gasteiger partial charge in [-0.1, -0.05) is 11.1 Å². The van der Waals surface area contributed by atoms with E-state index in [1.54, 1.807) is 0 Å². The summed E-state index contributed by atoms with van der Waals surface area (Å²) in [6.45, 7) is 6.51. The number of hydrogen-bond donors (Lipinski definition) is 0. The van der Waals surface area contributed by atoms with Crippen LogP contribution in [0, 0.1) is 11.8 Å². The lowest BCUT2D eigenvalue weighted by molar-refractivity contribution is -0.139. The molecule has 3 heteroatoms. The minimum absolute atomic E-state index is 0.0411. The molecule has 1 aliphatic heterocycles. The van der Waals surface area contributed by atoms with E-state index in [4.69, 9.17) is 0 Å². The molecule has 1 heterocycles.